The molecular weight excluding hydrogens is 302 g/mol. The summed E-state index contributed by atoms with van der Waals surface area (Å²) in [6.45, 7) is 4.06. The number of hydrogen-bond acceptors (Lipinski definition) is 4. The Morgan fingerprint density at radius 3 is 2.83 bits per heavy atom. The molecule has 130 valence electrons. The number of aliphatic hydroxyl groups excluding tert-OH is 1. The number of rotatable bonds is 4. The van der Waals surface area contributed by atoms with Crippen LogP contribution in [0.2, 0.25) is 0 Å². The zero-order chi connectivity index (χ0) is 16.8. The average Bonchev–Trinajstić information content (AvgIpc) is 2.67. The van der Waals surface area contributed by atoms with Gasteiger partial charge in [-0.3, -0.25) is 14.7 Å². The predicted octanol–water partition coefficient (Wildman–Crippen LogP) is 1.79. The second kappa shape index (κ2) is 8.40. The standard InChI is InChI=1S/C19H27N3O2/c23-15-17-7-11-21(12-8-17)18-4-2-10-22(14-18)19(24)6-5-16-3-1-9-20-13-16/h1,3,5-6,9,13,17-18,23H,2,4,7-8,10-12,14-15H2/b6-5+/t18-/m1/s1. The van der Waals surface area contributed by atoms with Crippen LogP contribution >= 0.6 is 0 Å². The number of pyridine rings is 1. The molecule has 1 atom stereocenters. The van der Waals surface area contributed by atoms with Crippen LogP contribution in [0.5, 0.6) is 0 Å². The molecule has 3 rings (SSSR count). The number of carbonyl (C=O) groups excluding carboxylic acids is 1. The summed E-state index contributed by atoms with van der Waals surface area (Å²) in [5.41, 5.74) is 0.950. The predicted molar refractivity (Wildman–Crippen MR) is 94.3 cm³/mol. The first-order chi connectivity index (χ1) is 11.8. The number of hydrogen-bond donors (Lipinski definition) is 1. The highest BCUT2D eigenvalue weighted by atomic mass is 16.3. The minimum absolute atomic E-state index is 0.0915. The zero-order valence-electron chi connectivity index (χ0n) is 14.2. The molecule has 0 spiro atoms. The Morgan fingerprint density at radius 2 is 2.12 bits per heavy atom. The molecule has 0 bridgehead atoms. The topological polar surface area (TPSA) is 56.7 Å². The Balaban J connectivity index is 1.53. The summed E-state index contributed by atoms with van der Waals surface area (Å²) in [6.07, 6.45) is 11.4. The Morgan fingerprint density at radius 1 is 1.29 bits per heavy atom. The van der Waals surface area contributed by atoms with Gasteiger partial charge in [-0.15, -0.1) is 0 Å². The van der Waals surface area contributed by atoms with E-state index in [1.165, 1.54) is 6.42 Å². The fourth-order valence-electron chi connectivity index (χ4n) is 3.70. The molecule has 2 saturated heterocycles. The summed E-state index contributed by atoms with van der Waals surface area (Å²) in [5.74, 6) is 0.554. The summed E-state index contributed by atoms with van der Waals surface area (Å²) >= 11 is 0. The maximum absolute atomic E-state index is 12.5. The molecule has 5 nitrogen and oxygen atoms in total. The van der Waals surface area contributed by atoms with Crippen molar-refractivity contribution in [2.24, 2.45) is 5.92 Å². The minimum Gasteiger partial charge on any atom is -0.396 e. The smallest absolute Gasteiger partial charge is 0.246 e. The van der Waals surface area contributed by atoms with Crippen LogP contribution in [-0.2, 0) is 4.79 Å². The van der Waals surface area contributed by atoms with Gasteiger partial charge >= 0.3 is 0 Å². The van der Waals surface area contributed by atoms with Gasteiger partial charge in [0.1, 0.15) is 0 Å². The van der Waals surface area contributed by atoms with Gasteiger partial charge in [0.2, 0.25) is 5.91 Å². The van der Waals surface area contributed by atoms with Crippen LogP contribution in [0.15, 0.2) is 30.6 Å². The lowest BCUT2D eigenvalue weighted by atomic mass is 9.94. The summed E-state index contributed by atoms with van der Waals surface area (Å²) in [5, 5.41) is 9.27. The molecule has 0 aliphatic carbocycles. The zero-order valence-corrected chi connectivity index (χ0v) is 14.2. The number of likely N-dealkylation sites (tertiary alicyclic amines) is 2. The molecule has 0 saturated carbocycles. The van der Waals surface area contributed by atoms with Crippen LogP contribution in [0, 0.1) is 5.92 Å². The van der Waals surface area contributed by atoms with Gasteiger partial charge in [-0.2, -0.15) is 0 Å². The molecule has 2 aliphatic rings. The largest absolute Gasteiger partial charge is 0.396 e. The average molecular weight is 329 g/mol. The van der Waals surface area contributed by atoms with Crippen molar-refractivity contribution in [3.8, 4) is 0 Å². The van der Waals surface area contributed by atoms with Crippen molar-refractivity contribution in [1.82, 2.24) is 14.8 Å². The maximum atomic E-state index is 12.5. The van der Waals surface area contributed by atoms with E-state index >= 15 is 0 Å². The lowest BCUT2D eigenvalue weighted by Gasteiger charge is -2.42. The van der Waals surface area contributed by atoms with Gasteiger partial charge in [-0.25, -0.2) is 0 Å². The van der Waals surface area contributed by atoms with Gasteiger partial charge in [0.05, 0.1) is 0 Å². The monoisotopic (exact) mass is 329 g/mol. The van der Waals surface area contributed by atoms with E-state index in [9.17, 15) is 9.90 Å². The fraction of sp³-hybridized carbons (Fsp3) is 0.579. The normalized spacial score (nSPS) is 23.7. The molecule has 0 unspecified atom stereocenters. The van der Waals surface area contributed by atoms with Crippen LogP contribution in [-0.4, -0.2) is 64.6 Å². The van der Waals surface area contributed by atoms with E-state index in [2.05, 4.69) is 9.88 Å². The quantitative estimate of drug-likeness (QED) is 0.856. The molecule has 24 heavy (non-hydrogen) atoms. The van der Waals surface area contributed by atoms with Gasteiger partial charge in [0, 0.05) is 44.2 Å². The van der Waals surface area contributed by atoms with Crippen molar-refractivity contribution in [2.45, 2.75) is 31.7 Å². The van der Waals surface area contributed by atoms with E-state index in [1.54, 1.807) is 18.5 Å². The number of piperidine rings is 2. The Hall–Kier alpha value is -1.72. The van der Waals surface area contributed by atoms with Gasteiger partial charge in [0.15, 0.2) is 0 Å². The SMILES string of the molecule is O=C(/C=C/c1cccnc1)N1CCC[C@@H](N2CCC(CO)CC2)C1. The minimum atomic E-state index is 0.0915. The highest BCUT2D eigenvalue weighted by Crippen LogP contribution is 2.23. The Kier molecular flexibility index (Phi) is 5.99. The molecule has 1 aromatic rings. The van der Waals surface area contributed by atoms with Gasteiger partial charge in [-0.1, -0.05) is 6.07 Å². The number of carbonyl (C=O) groups is 1. The highest BCUT2D eigenvalue weighted by Gasteiger charge is 2.29. The van der Waals surface area contributed by atoms with E-state index in [0.29, 0.717) is 18.6 Å². The van der Waals surface area contributed by atoms with E-state index in [4.69, 9.17) is 0 Å². The third-order valence-corrected chi connectivity index (χ3v) is 5.23. The molecule has 5 heteroatoms. The van der Waals surface area contributed by atoms with E-state index in [0.717, 1.165) is 51.0 Å². The summed E-state index contributed by atoms with van der Waals surface area (Å²) in [7, 11) is 0. The molecule has 1 N–H and O–H groups in total. The third kappa shape index (κ3) is 4.42. The first-order valence-corrected chi connectivity index (χ1v) is 8.98. The van der Waals surface area contributed by atoms with Crippen LogP contribution in [0.1, 0.15) is 31.2 Å². The van der Waals surface area contributed by atoms with Crippen molar-refractivity contribution in [3.63, 3.8) is 0 Å². The molecule has 1 amide bonds. The lowest BCUT2D eigenvalue weighted by Crippen LogP contribution is -2.51. The Bertz CT molecular complexity index is 553. The van der Waals surface area contributed by atoms with Crippen molar-refractivity contribution < 1.29 is 9.90 Å². The first-order valence-electron chi connectivity index (χ1n) is 8.98. The number of nitrogens with zero attached hydrogens (tertiary/aromatic N) is 3. The molecule has 2 aliphatic heterocycles. The molecule has 3 heterocycles. The summed E-state index contributed by atoms with van der Waals surface area (Å²) in [6, 6.07) is 4.28. The third-order valence-electron chi connectivity index (χ3n) is 5.23. The number of amides is 1. The molecule has 0 aromatic carbocycles. The maximum Gasteiger partial charge on any atom is 0.246 e. The fourth-order valence-corrected chi connectivity index (χ4v) is 3.70. The van der Waals surface area contributed by atoms with E-state index in [-0.39, 0.29) is 5.91 Å². The molecule has 2 fully saturated rings. The lowest BCUT2D eigenvalue weighted by molar-refractivity contribution is -0.128. The van der Waals surface area contributed by atoms with E-state index < -0.39 is 0 Å². The van der Waals surface area contributed by atoms with Crippen LogP contribution in [0.4, 0.5) is 0 Å². The van der Waals surface area contributed by atoms with Gasteiger partial charge in [-0.05, 0) is 62.4 Å². The van der Waals surface area contributed by atoms with Crippen LogP contribution in [0.3, 0.4) is 0 Å². The second-order valence-electron chi connectivity index (χ2n) is 6.86. The number of aliphatic hydroxyl groups is 1. The summed E-state index contributed by atoms with van der Waals surface area (Å²) in [4.78, 5) is 21.0. The molecule has 0 radical (unpaired) electrons. The second-order valence-corrected chi connectivity index (χ2v) is 6.86. The van der Waals surface area contributed by atoms with Crippen molar-refractivity contribution >= 4 is 12.0 Å². The van der Waals surface area contributed by atoms with Crippen LogP contribution < -0.4 is 0 Å². The van der Waals surface area contributed by atoms with Crippen molar-refractivity contribution in [3.05, 3.63) is 36.2 Å². The molecular formula is C19H27N3O2. The highest BCUT2D eigenvalue weighted by molar-refractivity contribution is 5.91. The van der Waals surface area contributed by atoms with Crippen molar-refractivity contribution in [2.75, 3.05) is 32.8 Å². The van der Waals surface area contributed by atoms with Crippen LogP contribution in [0.25, 0.3) is 6.08 Å². The Labute approximate surface area is 144 Å². The summed E-state index contributed by atoms with van der Waals surface area (Å²) < 4.78 is 0. The van der Waals surface area contributed by atoms with Crippen molar-refractivity contribution in [1.29, 1.82) is 0 Å². The van der Waals surface area contributed by atoms with E-state index in [1.807, 2.05) is 23.1 Å². The number of aromatic nitrogens is 1. The first kappa shape index (κ1) is 17.1. The molecule has 1 aromatic heterocycles. The van der Waals surface area contributed by atoms with Gasteiger partial charge < -0.3 is 10.0 Å². The van der Waals surface area contributed by atoms with Gasteiger partial charge in [0.25, 0.3) is 0 Å².